The fourth-order valence-corrected chi connectivity index (χ4v) is 2.31. The number of ether oxygens (including phenoxy) is 1. The van der Waals surface area contributed by atoms with E-state index in [0.717, 1.165) is 11.3 Å². The van der Waals surface area contributed by atoms with Crippen molar-refractivity contribution in [2.75, 3.05) is 6.54 Å². The molecule has 2 atom stereocenters. The van der Waals surface area contributed by atoms with Crippen molar-refractivity contribution in [1.82, 2.24) is 10.3 Å². The maximum Gasteiger partial charge on any atom is 0.407 e. The molecule has 0 saturated heterocycles. The normalized spacial score (nSPS) is 14.2. The summed E-state index contributed by atoms with van der Waals surface area (Å²) in [5, 5.41) is 32.3. The van der Waals surface area contributed by atoms with Crippen LogP contribution in [0.25, 0.3) is 0 Å². The molecule has 0 fully saturated rings. The molecule has 1 rings (SSSR count). The van der Waals surface area contributed by atoms with Crippen LogP contribution in [0, 0.1) is 0 Å². The zero-order chi connectivity index (χ0) is 16.9. The molecule has 1 heterocycles. The van der Waals surface area contributed by atoms with Gasteiger partial charge < -0.3 is 25.4 Å². The Balaban J connectivity index is 2.42. The van der Waals surface area contributed by atoms with Crippen molar-refractivity contribution in [1.29, 1.82) is 0 Å². The van der Waals surface area contributed by atoms with Gasteiger partial charge in [-0.25, -0.2) is 14.6 Å². The maximum atomic E-state index is 11.4. The fourth-order valence-electron chi connectivity index (χ4n) is 1.48. The first-order chi connectivity index (χ1) is 10.1. The topological polar surface area (TPSA) is 129 Å². The van der Waals surface area contributed by atoms with Crippen LogP contribution >= 0.6 is 11.3 Å². The number of hydrogen-bond donors (Lipinski definition) is 4. The number of carboxylic acid groups (broad SMARTS) is 1. The van der Waals surface area contributed by atoms with E-state index in [4.69, 9.17) is 9.84 Å². The predicted molar refractivity (Wildman–Crippen MR) is 78.9 cm³/mol. The Morgan fingerprint density at radius 3 is 2.55 bits per heavy atom. The van der Waals surface area contributed by atoms with Crippen LogP contribution in [0.3, 0.4) is 0 Å². The number of amides is 1. The van der Waals surface area contributed by atoms with E-state index < -0.39 is 29.9 Å². The standard InChI is InChI=1S/C13H20N2O6S/c1-13(2,3)21-12(20)14-5-4-8(16)9(17)10-15-7(6-22-10)11(18)19/h6,8-9,16-17H,4-5H2,1-3H3,(H,14,20)(H,18,19). The number of aliphatic hydroxyl groups is 2. The van der Waals surface area contributed by atoms with Crippen molar-refractivity contribution in [3.8, 4) is 0 Å². The quantitative estimate of drug-likeness (QED) is 0.615. The third-order valence-electron chi connectivity index (χ3n) is 2.47. The molecule has 4 N–H and O–H groups in total. The molecular formula is C13H20N2O6S. The van der Waals surface area contributed by atoms with E-state index >= 15 is 0 Å². The Hall–Kier alpha value is -1.71. The summed E-state index contributed by atoms with van der Waals surface area (Å²) in [4.78, 5) is 25.8. The lowest BCUT2D eigenvalue weighted by Crippen LogP contribution is -2.34. The number of carboxylic acids is 1. The minimum Gasteiger partial charge on any atom is -0.476 e. The third kappa shape index (κ3) is 5.96. The Morgan fingerprint density at radius 2 is 2.05 bits per heavy atom. The van der Waals surface area contributed by atoms with Gasteiger partial charge in [0, 0.05) is 11.9 Å². The third-order valence-corrected chi connectivity index (χ3v) is 3.38. The van der Waals surface area contributed by atoms with Gasteiger partial charge >= 0.3 is 12.1 Å². The molecule has 8 nitrogen and oxygen atoms in total. The van der Waals surface area contributed by atoms with E-state index in [1.807, 2.05) is 0 Å². The number of thiazole rings is 1. The summed E-state index contributed by atoms with van der Waals surface area (Å²) in [6.07, 6.45) is -3.03. The molecule has 9 heteroatoms. The van der Waals surface area contributed by atoms with Crippen LogP contribution in [0.5, 0.6) is 0 Å². The van der Waals surface area contributed by atoms with E-state index in [-0.39, 0.29) is 23.7 Å². The summed E-state index contributed by atoms with van der Waals surface area (Å²) in [6, 6.07) is 0. The number of alkyl carbamates (subject to hydrolysis) is 1. The van der Waals surface area contributed by atoms with Gasteiger partial charge in [-0.05, 0) is 27.2 Å². The summed E-state index contributed by atoms with van der Waals surface area (Å²) in [5.74, 6) is -1.20. The zero-order valence-electron chi connectivity index (χ0n) is 12.6. The fraction of sp³-hybridized carbons (Fsp3) is 0.615. The summed E-state index contributed by atoms with van der Waals surface area (Å²) in [6.45, 7) is 5.29. The number of aromatic nitrogens is 1. The van der Waals surface area contributed by atoms with Crippen LogP contribution < -0.4 is 5.32 Å². The van der Waals surface area contributed by atoms with E-state index in [1.165, 1.54) is 5.38 Å². The molecule has 1 aromatic rings. The average Bonchev–Trinajstić information content (AvgIpc) is 2.85. The summed E-state index contributed by atoms with van der Waals surface area (Å²) in [7, 11) is 0. The van der Waals surface area contributed by atoms with E-state index in [2.05, 4.69) is 10.3 Å². The Kier molecular flexibility index (Phi) is 6.27. The SMILES string of the molecule is CC(C)(C)OC(=O)NCCC(O)C(O)c1nc(C(=O)O)cs1. The number of carbonyl (C=O) groups excluding carboxylic acids is 1. The van der Waals surface area contributed by atoms with Crippen LogP contribution in [0.2, 0.25) is 0 Å². The van der Waals surface area contributed by atoms with Gasteiger partial charge in [-0.1, -0.05) is 0 Å². The number of rotatable bonds is 6. The molecule has 0 aliphatic rings. The number of aliphatic hydroxyl groups excluding tert-OH is 2. The lowest BCUT2D eigenvalue weighted by atomic mass is 10.1. The second-order valence-electron chi connectivity index (χ2n) is 5.61. The summed E-state index contributed by atoms with van der Waals surface area (Å²) < 4.78 is 5.02. The van der Waals surface area contributed by atoms with E-state index in [0.29, 0.717) is 0 Å². The molecular weight excluding hydrogens is 312 g/mol. The van der Waals surface area contributed by atoms with Gasteiger partial charge in [0.1, 0.15) is 16.7 Å². The van der Waals surface area contributed by atoms with Gasteiger partial charge in [-0.2, -0.15) is 0 Å². The summed E-state index contributed by atoms with van der Waals surface area (Å²) >= 11 is 0.948. The molecule has 2 unspecified atom stereocenters. The van der Waals surface area contributed by atoms with Gasteiger partial charge in [-0.3, -0.25) is 0 Å². The number of hydrogen-bond acceptors (Lipinski definition) is 7. The highest BCUT2D eigenvalue weighted by atomic mass is 32.1. The van der Waals surface area contributed by atoms with Crippen molar-refractivity contribution in [2.24, 2.45) is 0 Å². The minimum absolute atomic E-state index is 0.0718. The molecule has 124 valence electrons. The highest BCUT2D eigenvalue weighted by molar-refractivity contribution is 7.09. The van der Waals surface area contributed by atoms with Gasteiger partial charge in [-0.15, -0.1) is 11.3 Å². The van der Waals surface area contributed by atoms with Crippen LogP contribution in [-0.4, -0.2) is 50.6 Å². The molecule has 0 bridgehead atoms. The first kappa shape index (κ1) is 18.3. The van der Waals surface area contributed by atoms with Gasteiger partial charge in [0.15, 0.2) is 5.69 Å². The van der Waals surface area contributed by atoms with E-state index in [1.54, 1.807) is 20.8 Å². The average molecular weight is 332 g/mol. The zero-order valence-corrected chi connectivity index (χ0v) is 13.4. The minimum atomic E-state index is -1.31. The van der Waals surface area contributed by atoms with Crippen molar-refractivity contribution in [3.05, 3.63) is 16.1 Å². The molecule has 22 heavy (non-hydrogen) atoms. The van der Waals surface area contributed by atoms with Crippen molar-refractivity contribution in [3.63, 3.8) is 0 Å². The van der Waals surface area contributed by atoms with Crippen molar-refractivity contribution >= 4 is 23.4 Å². The van der Waals surface area contributed by atoms with Gasteiger partial charge in [0.05, 0.1) is 6.10 Å². The lowest BCUT2D eigenvalue weighted by molar-refractivity contribution is 0.0120. The Morgan fingerprint density at radius 1 is 1.41 bits per heavy atom. The highest BCUT2D eigenvalue weighted by Gasteiger charge is 2.23. The second kappa shape index (κ2) is 7.52. The van der Waals surface area contributed by atoms with Crippen LogP contribution in [0.4, 0.5) is 4.79 Å². The summed E-state index contributed by atoms with van der Waals surface area (Å²) in [5.41, 5.74) is -0.797. The molecule has 1 amide bonds. The molecule has 0 aliphatic heterocycles. The number of aromatic carboxylic acids is 1. The van der Waals surface area contributed by atoms with Gasteiger partial charge in [0.25, 0.3) is 0 Å². The monoisotopic (exact) mass is 332 g/mol. The molecule has 0 saturated carbocycles. The first-order valence-corrected chi connectivity index (χ1v) is 7.50. The van der Waals surface area contributed by atoms with Crippen LogP contribution in [0.1, 0.15) is 48.8 Å². The molecule has 0 aromatic carbocycles. The maximum absolute atomic E-state index is 11.4. The molecule has 0 aliphatic carbocycles. The molecule has 0 spiro atoms. The van der Waals surface area contributed by atoms with Crippen molar-refractivity contribution in [2.45, 2.75) is 45.0 Å². The smallest absolute Gasteiger partial charge is 0.407 e. The molecule has 1 aromatic heterocycles. The first-order valence-electron chi connectivity index (χ1n) is 6.62. The lowest BCUT2D eigenvalue weighted by Gasteiger charge is -2.20. The largest absolute Gasteiger partial charge is 0.476 e. The number of nitrogens with one attached hydrogen (secondary N) is 1. The van der Waals surface area contributed by atoms with Crippen molar-refractivity contribution < 1.29 is 29.6 Å². The van der Waals surface area contributed by atoms with E-state index in [9.17, 15) is 19.8 Å². The molecule has 0 radical (unpaired) electrons. The second-order valence-corrected chi connectivity index (χ2v) is 6.50. The predicted octanol–water partition coefficient (Wildman–Crippen LogP) is 1.15. The number of nitrogens with zero attached hydrogens (tertiary/aromatic N) is 1. The number of carbonyl (C=O) groups is 2. The van der Waals surface area contributed by atoms with Gasteiger partial charge in [0.2, 0.25) is 0 Å². The highest BCUT2D eigenvalue weighted by Crippen LogP contribution is 2.22. The Labute approximate surface area is 131 Å². The van der Waals surface area contributed by atoms with Crippen LogP contribution in [-0.2, 0) is 4.74 Å². The van der Waals surface area contributed by atoms with Crippen LogP contribution in [0.15, 0.2) is 5.38 Å². The Bertz CT molecular complexity index is 525.